The van der Waals surface area contributed by atoms with E-state index in [-0.39, 0.29) is 37.4 Å². The molecule has 0 spiro atoms. The van der Waals surface area contributed by atoms with Crippen LogP contribution >= 0.6 is 0 Å². The molecule has 0 radical (unpaired) electrons. The third-order valence-corrected chi connectivity index (χ3v) is 7.86. The number of alkyl halides is 3. The molecule has 0 heterocycles. The summed E-state index contributed by atoms with van der Waals surface area (Å²) in [6.07, 6.45) is -4.57. The highest BCUT2D eigenvalue weighted by Gasteiger charge is 2.35. The molecule has 6 nitrogen and oxygen atoms in total. The number of benzene rings is 3. The van der Waals surface area contributed by atoms with Crippen LogP contribution in [0.3, 0.4) is 0 Å². The molecule has 0 saturated heterocycles. The number of rotatable bonds is 13. The minimum Gasteiger partial charge on any atom is -0.493 e. The Morgan fingerprint density at radius 1 is 1.00 bits per heavy atom. The minimum atomic E-state index is -4.85. The first-order valence-corrected chi connectivity index (χ1v) is 14.9. The largest absolute Gasteiger partial charge is 0.493 e. The van der Waals surface area contributed by atoms with Gasteiger partial charge in [-0.1, -0.05) is 56.3 Å². The van der Waals surface area contributed by atoms with Gasteiger partial charge in [0.2, 0.25) is 0 Å². The summed E-state index contributed by atoms with van der Waals surface area (Å²) in [5.41, 5.74) is -1.44. The number of hydrogen-bond acceptors (Lipinski definition) is 5. The number of hydrogen-bond donors (Lipinski definition) is 1. The molecule has 3 aromatic carbocycles. The summed E-state index contributed by atoms with van der Waals surface area (Å²) in [4.78, 5) is 12.4. The summed E-state index contributed by atoms with van der Waals surface area (Å²) in [6.45, 7) is 4.37. The van der Waals surface area contributed by atoms with Gasteiger partial charge in [-0.05, 0) is 24.1 Å². The maximum atomic E-state index is 14.9. The van der Waals surface area contributed by atoms with Gasteiger partial charge in [0.25, 0.3) is 0 Å². The van der Waals surface area contributed by atoms with Crippen molar-refractivity contribution in [1.82, 2.24) is 4.90 Å². The molecule has 42 heavy (non-hydrogen) atoms. The number of ether oxygens (including phenoxy) is 1. The van der Waals surface area contributed by atoms with Gasteiger partial charge in [0.1, 0.15) is 17.4 Å². The number of carboxylic acids is 1. The fraction of sp³-hybridized carbons (Fsp3) is 0.367. The van der Waals surface area contributed by atoms with Crippen LogP contribution in [0.4, 0.5) is 22.0 Å². The number of halogens is 5. The van der Waals surface area contributed by atoms with E-state index in [0.717, 1.165) is 30.0 Å². The summed E-state index contributed by atoms with van der Waals surface area (Å²) in [7, 11) is -3.97. The van der Waals surface area contributed by atoms with Crippen molar-refractivity contribution < 1.29 is 45.0 Å². The zero-order valence-electron chi connectivity index (χ0n) is 23.3. The Kier molecular flexibility index (Phi) is 10.4. The van der Waals surface area contributed by atoms with Crippen molar-refractivity contribution >= 4 is 15.8 Å². The Labute approximate surface area is 241 Å². The quantitative estimate of drug-likeness (QED) is 0.181. The molecular weight excluding hydrogens is 581 g/mol. The van der Waals surface area contributed by atoms with Gasteiger partial charge in [-0.2, -0.15) is 13.2 Å². The predicted molar refractivity (Wildman–Crippen MR) is 147 cm³/mol. The summed E-state index contributed by atoms with van der Waals surface area (Å²) >= 11 is 0. The van der Waals surface area contributed by atoms with E-state index in [1.807, 2.05) is 44.2 Å². The molecule has 228 valence electrons. The van der Waals surface area contributed by atoms with Crippen LogP contribution in [0, 0.1) is 11.6 Å². The van der Waals surface area contributed by atoms with Crippen LogP contribution in [0.5, 0.6) is 5.75 Å². The maximum Gasteiger partial charge on any atom is 0.419 e. The van der Waals surface area contributed by atoms with Crippen LogP contribution in [-0.2, 0) is 39.2 Å². The first-order chi connectivity index (χ1) is 19.5. The first-order valence-electron chi connectivity index (χ1n) is 13.0. The van der Waals surface area contributed by atoms with E-state index >= 15 is 0 Å². The van der Waals surface area contributed by atoms with E-state index in [9.17, 15) is 35.2 Å². The van der Waals surface area contributed by atoms with Crippen molar-refractivity contribution in [2.24, 2.45) is 0 Å². The lowest BCUT2D eigenvalue weighted by Gasteiger charge is -2.33. The molecule has 0 amide bonds. The third-order valence-electron chi connectivity index (χ3n) is 6.70. The lowest BCUT2D eigenvalue weighted by Crippen LogP contribution is -2.38. The Morgan fingerprint density at radius 3 is 2.26 bits per heavy atom. The molecule has 0 aliphatic heterocycles. The second-order valence-electron chi connectivity index (χ2n) is 10.7. The van der Waals surface area contributed by atoms with Crippen LogP contribution in [-0.4, -0.2) is 50.3 Å². The predicted octanol–water partition coefficient (Wildman–Crippen LogP) is 6.26. The van der Waals surface area contributed by atoms with E-state index in [0.29, 0.717) is 12.6 Å². The molecule has 0 unspecified atom stereocenters. The van der Waals surface area contributed by atoms with Gasteiger partial charge in [-0.15, -0.1) is 0 Å². The molecule has 3 rings (SSSR count). The SMILES string of the molecule is CC(C)(CN(CCCOc1cc(F)c(CC(=O)O)c(S(C)(=O)=O)c1)Cc1cccc(C(F)(F)F)c1F)c1ccccc1. The molecular formula is C30H32F5NO5S. The molecule has 1 N–H and O–H groups in total. The highest BCUT2D eigenvalue weighted by Crippen LogP contribution is 2.33. The zero-order valence-corrected chi connectivity index (χ0v) is 24.2. The van der Waals surface area contributed by atoms with Gasteiger partial charge >= 0.3 is 12.1 Å². The highest BCUT2D eigenvalue weighted by atomic mass is 32.2. The normalized spacial score (nSPS) is 12.5. The van der Waals surface area contributed by atoms with E-state index in [4.69, 9.17) is 9.84 Å². The van der Waals surface area contributed by atoms with Gasteiger partial charge in [0.15, 0.2) is 9.84 Å². The molecule has 0 saturated carbocycles. The molecule has 0 fully saturated rings. The Balaban J connectivity index is 1.80. The number of carboxylic acid groups (broad SMARTS) is 1. The minimum absolute atomic E-state index is 0.0335. The average molecular weight is 614 g/mol. The number of aliphatic carboxylic acids is 1. The fourth-order valence-electron chi connectivity index (χ4n) is 4.72. The van der Waals surface area contributed by atoms with E-state index < -0.39 is 61.5 Å². The molecule has 12 heteroatoms. The van der Waals surface area contributed by atoms with Crippen LogP contribution in [0.25, 0.3) is 0 Å². The van der Waals surface area contributed by atoms with Crippen molar-refractivity contribution in [3.63, 3.8) is 0 Å². The maximum absolute atomic E-state index is 14.9. The highest BCUT2D eigenvalue weighted by molar-refractivity contribution is 7.90. The fourth-order valence-corrected chi connectivity index (χ4v) is 5.67. The molecule has 3 aromatic rings. The smallest absolute Gasteiger partial charge is 0.419 e. The van der Waals surface area contributed by atoms with Gasteiger partial charge < -0.3 is 9.84 Å². The van der Waals surface area contributed by atoms with Crippen LogP contribution in [0.15, 0.2) is 65.6 Å². The summed E-state index contributed by atoms with van der Waals surface area (Å²) in [6, 6.07) is 14.6. The van der Waals surface area contributed by atoms with Crippen LogP contribution in [0.1, 0.15) is 42.5 Å². The molecule has 0 aliphatic carbocycles. The average Bonchev–Trinajstić information content (AvgIpc) is 2.88. The summed E-state index contributed by atoms with van der Waals surface area (Å²) in [5.74, 6) is -3.90. The Morgan fingerprint density at radius 2 is 1.67 bits per heavy atom. The second-order valence-corrected chi connectivity index (χ2v) is 12.6. The van der Waals surface area contributed by atoms with Crippen molar-refractivity contribution in [2.45, 2.75) is 49.7 Å². The molecule has 0 aromatic heterocycles. The van der Waals surface area contributed by atoms with E-state index in [1.165, 1.54) is 6.07 Å². The summed E-state index contributed by atoms with van der Waals surface area (Å²) in [5, 5.41) is 9.03. The van der Waals surface area contributed by atoms with Crippen LogP contribution < -0.4 is 4.74 Å². The first kappa shape index (κ1) is 33.0. The van der Waals surface area contributed by atoms with Gasteiger partial charge in [-0.3, -0.25) is 9.69 Å². The lowest BCUT2D eigenvalue weighted by molar-refractivity contribution is -0.140. The zero-order chi connectivity index (χ0) is 31.3. The van der Waals surface area contributed by atoms with Gasteiger partial charge in [0, 0.05) is 48.5 Å². The second kappa shape index (κ2) is 13.2. The van der Waals surface area contributed by atoms with Crippen molar-refractivity contribution in [2.75, 3.05) is 26.0 Å². The molecule has 0 bridgehead atoms. The van der Waals surface area contributed by atoms with Gasteiger partial charge in [-0.25, -0.2) is 17.2 Å². The lowest BCUT2D eigenvalue weighted by atomic mass is 9.84. The monoisotopic (exact) mass is 613 g/mol. The Bertz CT molecular complexity index is 1510. The summed E-state index contributed by atoms with van der Waals surface area (Å²) < 4.78 is 99.4. The van der Waals surface area contributed by atoms with Gasteiger partial charge in [0.05, 0.1) is 23.5 Å². The standard InChI is InChI=1S/C30H32F5NO5S/c1-29(2,21-10-5-4-6-11-21)19-36(18-20-9-7-12-24(28(20)32)30(33,34)35)13-8-14-41-22-15-25(31)23(17-27(37)38)26(16-22)42(3,39)40/h4-7,9-12,15-16H,8,13-14,17-19H2,1-3H3,(H,37,38). The van der Waals surface area contributed by atoms with Crippen molar-refractivity contribution in [1.29, 1.82) is 0 Å². The topological polar surface area (TPSA) is 83.9 Å². The van der Waals surface area contributed by atoms with Crippen molar-refractivity contribution in [3.05, 3.63) is 94.6 Å². The number of nitrogens with zero attached hydrogens (tertiary/aromatic N) is 1. The number of sulfone groups is 1. The van der Waals surface area contributed by atoms with E-state index in [2.05, 4.69) is 0 Å². The third kappa shape index (κ3) is 8.75. The molecule has 0 atom stereocenters. The van der Waals surface area contributed by atoms with E-state index in [1.54, 1.807) is 4.90 Å². The Hall–Kier alpha value is -3.51. The number of carbonyl (C=O) groups is 1. The van der Waals surface area contributed by atoms with Crippen LogP contribution in [0.2, 0.25) is 0 Å². The van der Waals surface area contributed by atoms with Crippen molar-refractivity contribution in [3.8, 4) is 5.75 Å². The molecule has 0 aliphatic rings.